The molecule has 1 heterocycles. The van der Waals surface area contributed by atoms with E-state index < -0.39 is 0 Å². The summed E-state index contributed by atoms with van der Waals surface area (Å²) >= 11 is 0. The summed E-state index contributed by atoms with van der Waals surface area (Å²) in [6, 6.07) is 11.0. The topological polar surface area (TPSA) is 46.3 Å². The summed E-state index contributed by atoms with van der Waals surface area (Å²) in [7, 11) is 0. The molecule has 2 fully saturated rings. The lowest BCUT2D eigenvalue weighted by atomic mass is 9.78. The average Bonchev–Trinajstić information content (AvgIpc) is 2.62. The maximum Gasteiger partial charge on any atom is 0.225 e. The van der Waals surface area contributed by atoms with Crippen LogP contribution in [0.25, 0.3) is 0 Å². The summed E-state index contributed by atoms with van der Waals surface area (Å²) in [4.78, 5) is 15.0. The molecule has 0 aromatic heterocycles. The summed E-state index contributed by atoms with van der Waals surface area (Å²) in [6.07, 6.45) is 6.64. The lowest BCUT2D eigenvalue weighted by Crippen LogP contribution is -2.47. The molecule has 0 radical (unpaired) electrons. The zero-order valence-electron chi connectivity index (χ0n) is 14.7. The van der Waals surface area contributed by atoms with E-state index in [9.17, 15) is 4.79 Å². The summed E-state index contributed by atoms with van der Waals surface area (Å²) < 4.78 is 0. The quantitative estimate of drug-likeness (QED) is 0.896. The number of carbonyl (C=O) groups is 1. The first-order valence-corrected chi connectivity index (χ1v) is 9.24. The molecule has 3 rings (SSSR count). The molecule has 2 N–H and O–H groups in total. The van der Waals surface area contributed by atoms with Crippen molar-refractivity contribution in [3.8, 4) is 0 Å². The van der Waals surface area contributed by atoms with Crippen LogP contribution in [0.4, 0.5) is 0 Å². The Balaban J connectivity index is 0.00000208. The van der Waals surface area contributed by atoms with Gasteiger partial charge in [-0.05, 0) is 62.8 Å². The number of amides is 1. The summed E-state index contributed by atoms with van der Waals surface area (Å²) in [6.45, 7) is 3.87. The molecular weight excluding hydrogens is 320 g/mol. The van der Waals surface area contributed by atoms with Gasteiger partial charge in [-0.2, -0.15) is 0 Å². The second kappa shape index (κ2) is 8.87. The first-order chi connectivity index (χ1) is 11.1. The maximum atomic E-state index is 12.8. The molecule has 134 valence electrons. The molecule has 1 amide bonds. The maximum absolute atomic E-state index is 12.8. The smallest absolute Gasteiger partial charge is 0.225 e. The zero-order chi connectivity index (χ0) is 16.2. The number of benzene rings is 1. The first kappa shape index (κ1) is 19.3. The van der Waals surface area contributed by atoms with Gasteiger partial charge in [-0.25, -0.2) is 0 Å². The highest BCUT2D eigenvalue weighted by atomic mass is 35.5. The van der Waals surface area contributed by atoms with Crippen LogP contribution in [0, 0.1) is 11.8 Å². The predicted molar refractivity (Wildman–Crippen MR) is 101 cm³/mol. The van der Waals surface area contributed by atoms with Crippen LogP contribution in [0.15, 0.2) is 30.3 Å². The highest BCUT2D eigenvalue weighted by Gasteiger charge is 2.32. The average molecular weight is 351 g/mol. The predicted octanol–water partition coefficient (Wildman–Crippen LogP) is 3.97. The van der Waals surface area contributed by atoms with Gasteiger partial charge in [-0.3, -0.25) is 4.79 Å². The van der Waals surface area contributed by atoms with Crippen LogP contribution in [-0.2, 0) is 4.79 Å². The van der Waals surface area contributed by atoms with E-state index in [1.54, 1.807) is 0 Å². The van der Waals surface area contributed by atoms with Crippen LogP contribution in [0.5, 0.6) is 0 Å². The fraction of sp³-hybridized carbons (Fsp3) is 0.650. The number of hydrogen-bond acceptors (Lipinski definition) is 2. The molecule has 1 aliphatic carbocycles. The highest BCUT2D eigenvalue weighted by molar-refractivity contribution is 5.85. The third-order valence-electron chi connectivity index (χ3n) is 5.86. The molecule has 2 atom stereocenters. The first-order valence-electron chi connectivity index (χ1n) is 9.24. The molecule has 1 aromatic rings. The Bertz CT molecular complexity index is 512. The molecule has 1 saturated carbocycles. The second-order valence-electron chi connectivity index (χ2n) is 7.50. The van der Waals surface area contributed by atoms with Crippen molar-refractivity contribution in [2.24, 2.45) is 17.6 Å². The van der Waals surface area contributed by atoms with Crippen LogP contribution >= 0.6 is 12.4 Å². The van der Waals surface area contributed by atoms with Gasteiger partial charge < -0.3 is 10.6 Å². The Hall–Kier alpha value is -1.06. The molecule has 0 spiro atoms. The molecule has 2 aliphatic rings. The number of nitrogens with zero attached hydrogens (tertiary/aromatic N) is 1. The van der Waals surface area contributed by atoms with Gasteiger partial charge in [0.25, 0.3) is 0 Å². The zero-order valence-corrected chi connectivity index (χ0v) is 15.5. The summed E-state index contributed by atoms with van der Waals surface area (Å²) in [5.41, 5.74) is 7.49. The molecule has 0 bridgehead atoms. The summed E-state index contributed by atoms with van der Waals surface area (Å²) in [5, 5.41) is 0. The number of piperidine rings is 1. The van der Waals surface area contributed by atoms with Crippen molar-refractivity contribution in [2.75, 3.05) is 13.1 Å². The lowest BCUT2D eigenvalue weighted by Gasteiger charge is -2.38. The van der Waals surface area contributed by atoms with Gasteiger partial charge in [0, 0.05) is 25.0 Å². The van der Waals surface area contributed by atoms with E-state index >= 15 is 0 Å². The van der Waals surface area contributed by atoms with Crippen molar-refractivity contribution in [1.29, 1.82) is 0 Å². The van der Waals surface area contributed by atoms with E-state index in [0.717, 1.165) is 45.2 Å². The Morgan fingerprint density at radius 1 is 1.12 bits per heavy atom. The van der Waals surface area contributed by atoms with Gasteiger partial charge >= 0.3 is 0 Å². The molecular formula is C20H31ClN2O. The monoisotopic (exact) mass is 350 g/mol. The second-order valence-corrected chi connectivity index (χ2v) is 7.50. The van der Waals surface area contributed by atoms with Crippen LogP contribution in [-0.4, -0.2) is 29.9 Å². The number of rotatable bonds is 3. The minimum absolute atomic E-state index is 0. The fourth-order valence-corrected chi connectivity index (χ4v) is 4.30. The van der Waals surface area contributed by atoms with Crippen molar-refractivity contribution in [1.82, 2.24) is 4.90 Å². The minimum atomic E-state index is 0. The lowest BCUT2D eigenvalue weighted by molar-refractivity contribution is -0.138. The van der Waals surface area contributed by atoms with Crippen LogP contribution in [0.1, 0.15) is 56.9 Å². The number of nitrogens with two attached hydrogens (primary N) is 1. The molecule has 1 aromatic carbocycles. The van der Waals surface area contributed by atoms with Crippen molar-refractivity contribution < 1.29 is 4.79 Å². The number of hydrogen-bond donors (Lipinski definition) is 1. The van der Waals surface area contributed by atoms with E-state index in [1.165, 1.54) is 12.0 Å². The largest absolute Gasteiger partial charge is 0.342 e. The number of likely N-dealkylation sites (tertiary alicyclic amines) is 1. The standard InChI is InChI=1S/C20H30N2O.ClH/c1-15(21)19-8-5-13-22(14-19)20(23)18-11-9-17(10-12-18)16-6-3-2-4-7-16;/h2-4,6-7,15,17-19H,5,8-14,21H2,1H3;1H. The third kappa shape index (κ3) is 4.52. The van der Waals surface area contributed by atoms with Crippen molar-refractivity contribution in [2.45, 2.75) is 57.4 Å². The number of carbonyl (C=O) groups excluding carboxylic acids is 1. The van der Waals surface area contributed by atoms with Gasteiger partial charge in [-0.15, -0.1) is 12.4 Å². The normalized spacial score (nSPS) is 28.8. The fourth-order valence-electron chi connectivity index (χ4n) is 4.30. The SMILES string of the molecule is CC(N)C1CCCN(C(=O)C2CCC(c3ccccc3)CC2)C1.Cl. The Morgan fingerprint density at radius 3 is 2.42 bits per heavy atom. The Labute approximate surface area is 152 Å². The van der Waals surface area contributed by atoms with Gasteiger partial charge in [0.1, 0.15) is 0 Å². The van der Waals surface area contributed by atoms with E-state index in [0.29, 0.717) is 17.7 Å². The molecule has 1 saturated heterocycles. The number of halogens is 1. The van der Waals surface area contributed by atoms with E-state index in [4.69, 9.17) is 5.73 Å². The third-order valence-corrected chi connectivity index (χ3v) is 5.86. The molecule has 2 unspecified atom stereocenters. The highest BCUT2D eigenvalue weighted by Crippen LogP contribution is 2.37. The van der Waals surface area contributed by atoms with Gasteiger partial charge in [0.05, 0.1) is 0 Å². The van der Waals surface area contributed by atoms with Gasteiger partial charge in [0.15, 0.2) is 0 Å². The van der Waals surface area contributed by atoms with Crippen molar-refractivity contribution in [3.05, 3.63) is 35.9 Å². The Morgan fingerprint density at radius 2 is 1.79 bits per heavy atom. The minimum Gasteiger partial charge on any atom is -0.342 e. The van der Waals surface area contributed by atoms with Crippen LogP contribution < -0.4 is 5.73 Å². The van der Waals surface area contributed by atoms with E-state index in [-0.39, 0.29) is 24.4 Å². The Kier molecular flexibility index (Phi) is 7.12. The van der Waals surface area contributed by atoms with Crippen molar-refractivity contribution >= 4 is 18.3 Å². The van der Waals surface area contributed by atoms with E-state index in [1.807, 2.05) is 0 Å². The van der Waals surface area contributed by atoms with Crippen molar-refractivity contribution in [3.63, 3.8) is 0 Å². The van der Waals surface area contributed by atoms with Crippen LogP contribution in [0.2, 0.25) is 0 Å². The molecule has 3 nitrogen and oxygen atoms in total. The molecule has 4 heteroatoms. The molecule has 1 aliphatic heterocycles. The van der Waals surface area contributed by atoms with Gasteiger partial charge in [-0.1, -0.05) is 30.3 Å². The van der Waals surface area contributed by atoms with E-state index in [2.05, 4.69) is 42.2 Å². The van der Waals surface area contributed by atoms with Crippen LogP contribution in [0.3, 0.4) is 0 Å². The molecule has 24 heavy (non-hydrogen) atoms. The summed E-state index contributed by atoms with van der Waals surface area (Å²) in [5.74, 6) is 1.75. The van der Waals surface area contributed by atoms with Gasteiger partial charge in [0.2, 0.25) is 5.91 Å².